The molecule has 0 saturated heterocycles. The van der Waals surface area contributed by atoms with Crippen LogP contribution < -0.4 is 0 Å². The molecule has 3 aromatic rings. The maximum atomic E-state index is 13.2. The smallest absolute Gasteiger partial charge is 0.210 e. The van der Waals surface area contributed by atoms with Gasteiger partial charge in [-0.1, -0.05) is 74.5 Å². The molecule has 27 heavy (non-hydrogen) atoms. The van der Waals surface area contributed by atoms with Crippen molar-refractivity contribution >= 4 is 23.7 Å². The second-order valence-electron chi connectivity index (χ2n) is 7.18. The number of fused-ring (bicyclic) bond motifs is 2. The minimum absolute atomic E-state index is 0.0566. The molecule has 1 aromatic heterocycles. The summed E-state index contributed by atoms with van der Waals surface area (Å²) in [5, 5.41) is 0. The van der Waals surface area contributed by atoms with Crippen LogP contribution in [-0.2, 0) is 7.05 Å². The number of rotatable bonds is 3. The molecule has 0 amide bonds. The molecule has 0 fully saturated rings. The Morgan fingerprint density at radius 1 is 0.815 bits per heavy atom. The molecule has 0 N–H and O–H groups in total. The van der Waals surface area contributed by atoms with E-state index in [2.05, 4.69) is 13.8 Å². The highest BCUT2D eigenvalue weighted by molar-refractivity contribution is 6.28. The van der Waals surface area contributed by atoms with Gasteiger partial charge in [0.05, 0.1) is 5.56 Å². The van der Waals surface area contributed by atoms with E-state index in [1.54, 1.807) is 18.2 Å². The first-order valence-electron chi connectivity index (χ1n) is 9.14. The van der Waals surface area contributed by atoms with Gasteiger partial charge in [0, 0.05) is 23.9 Å². The highest BCUT2D eigenvalue weighted by Crippen LogP contribution is 2.37. The van der Waals surface area contributed by atoms with Crippen molar-refractivity contribution in [3.63, 3.8) is 0 Å². The summed E-state index contributed by atoms with van der Waals surface area (Å²) in [4.78, 5) is 26.4. The van der Waals surface area contributed by atoms with E-state index in [-0.39, 0.29) is 17.5 Å². The van der Waals surface area contributed by atoms with E-state index in [0.717, 1.165) is 16.8 Å². The lowest BCUT2D eigenvalue weighted by Crippen LogP contribution is -2.22. The van der Waals surface area contributed by atoms with E-state index in [9.17, 15) is 9.59 Å². The van der Waals surface area contributed by atoms with Gasteiger partial charge < -0.3 is 4.57 Å². The Bertz CT molecular complexity index is 1090. The van der Waals surface area contributed by atoms with Crippen LogP contribution in [0.2, 0.25) is 0 Å². The van der Waals surface area contributed by atoms with E-state index in [1.807, 2.05) is 60.2 Å². The van der Waals surface area contributed by atoms with E-state index in [4.69, 9.17) is 0 Å². The molecule has 1 aliphatic carbocycles. The van der Waals surface area contributed by atoms with Crippen LogP contribution in [-0.4, -0.2) is 16.1 Å². The Kier molecular flexibility index (Phi) is 4.15. The quantitative estimate of drug-likeness (QED) is 0.513. The molecule has 3 heteroatoms. The summed E-state index contributed by atoms with van der Waals surface area (Å²) >= 11 is 0. The lowest BCUT2D eigenvalue weighted by atomic mass is 9.84. The molecule has 0 atom stereocenters. The van der Waals surface area contributed by atoms with Crippen LogP contribution in [0.25, 0.3) is 12.2 Å². The number of hydrogen-bond acceptors (Lipinski definition) is 2. The number of hydrogen-bond donors (Lipinski definition) is 0. The first-order valence-corrected chi connectivity index (χ1v) is 9.14. The van der Waals surface area contributed by atoms with E-state index in [0.29, 0.717) is 22.4 Å². The van der Waals surface area contributed by atoms with Crippen molar-refractivity contribution in [1.82, 2.24) is 4.57 Å². The first-order chi connectivity index (χ1) is 13.0. The maximum Gasteiger partial charge on any atom is 0.210 e. The summed E-state index contributed by atoms with van der Waals surface area (Å²) in [6.07, 6.45) is 4.03. The third-order valence-electron chi connectivity index (χ3n) is 5.15. The monoisotopic (exact) mass is 355 g/mol. The fourth-order valence-corrected chi connectivity index (χ4v) is 3.89. The number of aromatic nitrogens is 1. The number of carbonyl (C=O) groups excluding carboxylic acids is 2. The third kappa shape index (κ3) is 2.67. The second-order valence-corrected chi connectivity index (χ2v) is 7.18. The fraction of sp³-hybridized carbons (Fsp3) is 0.167. The molecule has 134 valence electrons. The molecule has 0 bridgehead atoms. The zero-order chi connectivity index (χ0) is 19.1. The van der Waals surface area contributed by atoms with Crippen molar-refractivity contribution in [2.24, 2.45) is 7.05 Å². The van der Waals surface area contributed by atoms with Crippen molar-refractivity contribution in [2.75, 3.05) is 0 Å². The molecule has 0 saturated carbocycles. The average Bonchev–Trinajstić information content (AvgIpc) is 2.98. The van der Waals surface area contributed by atoms with E-state index in [1.165, 1.54) is 0 Å². The van der Waals surface area contributed by atoms with Gasteiger partial charge >= 0.3 is 0 Å². The van der Waals surface area contributed by atoms with Crippen LogP contribution in [0, 0.1) is 0 Å². The van der Waals surface area contributed by atoms with Gasteiger partial charge in [-0.05, 0) is 23.1 Å². The Morgan fingerprint density at radius 3 is 2.04 bits per heavy atom. The summed E-state index contributed by atoms with van der Waals surface area (Å²) in [7, 11) is 1.87. The minimum Gasteiger partial charge on any atom is -0.341 e. The highest BCUT2D eigenvalue weighted by Gasteiger charge is 2.36. The van der Waals surface area contributed by atoms with Gasteiger partial charge in [-0.3, -0.25) is 9.59 Å². The van der Waals surface area contributed by atoms with Crippen LogP contribution in [0.1, 0.15) is 68.6 Å². The predicted octanol–water partition coefficient (Wildman–Crippen LogP) is 5.09. The Morgan fingerprint density at radius 2 is 1.41 bits per heavy atom. The molecule has 1 aliphatic rings. The second kappa shape index (κ2) is 6.51. The summed E-state index contributed by atoms with van der Waals surface area (Å²) < 4.78 is 1.88. The lowest BCUT2D eigenvalue weighted by Gasteiger charge is -2.17. The largest absolute Gasteiger partial charge is 0.341 e. The molecule has 2 aromatic carbocycles. The summed E-state index contributed by atoms with van der Waals surface area (Å²) in [6.45, 7) is 4.13. The fourth-order valence-electron chi connectivity index (χ4n) is 3.89. The minimum atomic E-state index is -0.0797. The van der Waals surface area contributed by atoms with Gasteiger partial charge in [-0.2, -0.15) is 0 Å². The van der Waals surface area contributed by atoms with Crippen LogP contribution in [0.4, 0.5) is 0 Å². The van der Waals surface area contributed by atoms with Gasteiger partial charge in [-0.25, -0.2) is 0 Å². The van der Waals surface area contributed by atoms with Crippen LogP contribution in [0.5, 0.6) is 0 Å². The molecule has 4 rings (SSSR count). The topological polar surface area (TPSA) is 39.1 Å². The number of nitrogens with zero attached hydrogens (tertiary/aromatic N) is 1. The summed E-state index contributed by atoms with van der Waals surface area (Å²) in [6, 6.07) is 17.1. The molecule has 0 unspecified atom stereocenters. The van der Waals surface area contributed by atoms with Crippen LogP contribution in [0.3, 0.4) is 0 Å². The third-order valence-corrected chi connectivity index (χ3v) is 5.15. The summed E-state index contributed by atoms with van der Waals surface area (Å²) in [5.74, 6) is -0.0137. The SMILES string of the molecule is CC(C)c1c2c(n(C)c1/C=C/c1ccccc1)C(=O)c1ccccc1C2=O. The predicted molar refractivity (Wildman–Crippen MR) is 108 cm³/mol. The molecule has 3 nitrogen and oxygen atoms in total. The molecular weight excluding hydrogens is 334 g/mol. The van der Waals surface area contributed by atoms with Gasteiger partial charge in [-0.15, -0.1) is 0 Å². The highest BCUT2D eigenvalue weighted by atomic mass is 16.1. The van der Waals surface area contributed by atoms with Crippen LogP contribution in [0.15, 0.2) is 54.6 Å². The normalized spacial score (nSPS) is 13.3. The standard InChI is InChI=1S/C24H21NO2/c1-15(2)20-19(14-13-16-9-5-4-6-10-16)25(3)22-21(20)23(26)17-11-7-8-12-18(17)24(22)27/h4-15H,1-3H3/b14-13+. The van der Waals surface area contributed by atoms with Crippen molar-refractivity contribution in [3.8, 4) is 0 Å². The maximum absolute atomic E-state index is 13.2. The van der Waals surface area contributed by atoms with E-state index < -0.39 is 0 Å². The molecule has 0 radical (unpaired) electrons. The zero-order valence-corrected chi connectivity index (χ0v) is 15.7. The van der Waals surface area contributed by atoms with Gasteiger partial charge in [0.15, 0.2) is 5.78 Å². The van der Waals surface area contributed by atoms with Crippen molar-refractivity contribution in [3.05, 3.63) is 93.8 Å². The number of ketones is 2. The van der Waals surface area contributed by atoms with Crippen LogP contribution >= 0.6 is 0 Å². The molecule has 1 heterocycles. The zero-order valence-electron chi connectivity index (χ0n) is 15.7. The molecule has 0 aliphatic heterocycles. The lowest BCUT2D eigenvalue weighted by molar-refractivity contribution is 0.0973. The molecule has 0 spiro atoms. The van der Waals surface area contributed by atoms with Crippen molar-refractivity contribution in [2.45, 2.75) is 19.8 Å². The van der Waals surface area contributed by atoms with Crippen molar-refractivity contribution in [1.29, 1.82) is 0 Å². The van der Waals surface area contributed by atoms with Gasteiger partial charge in [0.1, 0.15) is 5.69 Å². The summed E-state index contributed by atoms with van der Waals surface area (Å²) in [5.41, 5.74) is 4.97. The number of carbonyl (C=O) groups is 2. The first kappa shape index (κ1) is 17.2. The Balaban J connectivity index is 1.94. The van der Waals surface area contributed by atoms with E-state index >= 15 is 0 Å². The number of benzene rings is 2. The van der Waals surface area contributed by atoms with Crippen molar-refractivity contribution < 1.29 is 9.59 Å². The van der Waals surface area contributed by atoms with Gasteiger partial charge in [0.2, 0.25) is 5.78 Å². The average molecular weight is 355 g/mol. The molecular formula is C24H21NO2. The Labute approximate surface area is 159 Å². The van der Waals surface area contributed by atoms with Gasteiger partial charge in [0.25, 0.3) is 0 Å². The Hall–Kier alpha value is -3.20.